The van der Waals surface area contributed by atoms with Crippen LogP contribution >= 0.6 is 0 Å². The van der Waals surface area contributed by atoms with E-state index in [1.807, 2.05) is 64.9 Å². The third-order valence-corrected chi connectivity index (χ3v) is 7.68. The van der Waals surface area contributed by atoms with Crippen molar-refractivity contribution >= 4 is 40.9 Å². The second-order valence-electron chi connectivity index (χ2n) is 11.1. The van der Waals surface area contributed by atoms with Gasteiger partial charge in [-0.05, 0) is 71.8 Å². The van der Waals surface area contributed by atoms with Crippen molar-refractivity contribution in [3.63, 3.8) is 0 Å². The third-order valence-electron chi connectivity index (χ3n) is 7.68. The first-order chi connectivity index (χ1) is 22.3. The van der Waals surface area contributed by atoms with Crippen LogP contribution in [0.1, 0.15) is 11.1 Å². The fraction of sp³-hybridized carbons (Fsp3) is 0.158. The molecule has 2 unspecified atom stereocenters. The fourth-order valence-corrected chi connectivity index (χ4v) is 5.09. The zero-order valence-corrected chi connectivity index (χ0v) is 25.0. The first kappa shape index (κ1) is 28.5. The maximum atomic E-state index is 5.47. The van der Waals surface area contributed by atoms with Crippen molar-refractivity contribution in [1.29, 1.82) is 0 Å². The van der Waals surface area contributed by atoms with E-state index >= 15 is 0 Å². The summed E-state index contributed by atoms with van der Waals surface area (Å²) in [6, 6.07) is 47.8. The first-order valence-corrected chi connectivity index (χ1v) is 15.3. The summed E-state index contributed by atoms with van der Waals surface area (Å²) in [6.07, 6.45) is 4.30. The van der Waals surface area contributed by atoms with E-state index in [1.165, 1.54) is 0 Å². The zero-order chi connectivity index (χ0) is 30.3. The van der Waals surface area contributed by atoms with Gasteiger partial charge in [0.05, 0.1) is 50.1 Å². The van der Waals surface area contributed by atoms with Crippen LogP contribution in [-0.2, 0) is 9.47 Å². The predicted molar refractivity (Wildman–Crippen MR) is 183 cm³/mol. The summed E-state index contributed by atoms with van der Waals surface area (Å²) in [7, 11) is 0. The van der Waals surface area contributed by atoms with Crippen LogP contribution in [0.2, 0.25) is 0 Å². The van der Waals surface area contributed by atoms with Gasteiger partial charge in [-0.1, -0.05) is 78.9 Å². The molecule has 2 atom stereocenters. The highest BCUT2D eigenvalue weighted by molar-refractivity contribution is 5.85. The van der Waals surface area contributed by atoms with Gasteiger partial charge < -0.3 is 14.4 Å². The van der Waals surface area contributed by atoms with Crippen LogP contribution in [0.15, 0.2) is 150 Å². The van der Waals surface area contributed by atoms with Gasteiger partial charge in [0, 0.05) is 17.1 Å². The number of hydrogen-bond acceptors (Lipinski definition) is 7. The molecule has 2 saturated heterocycles. The van der Waals surface area contributed by atoms with E-state index in [-0.39, 0.29) is 12.2 Å². The lowest BCUT2D eigenvalue weighted by molar-refractivity contribution is 0.408. The van der Waals surface area contributed by atoms with Gasteiger partial charge in [-0.15, -0.1) is 0 Å². The van der Waals surface area contributed by atoms with Gasteiger partial charge in [0.15, 0.2) is 0 Å². The molecule has 5 aromatic carbocycles. The maximum Gasteiger partial charge on any atom is 0.101 e. The molecular formula is C38H35N5O2. The number of hydrogen-bond donors (Lipinski definition) is 0. The Morgan fingerprint density at radius 2 is 0.800 bits per heavy atom. The number of ether oxygens (including phenoxy) is 2. The molecule has 7 heteroatoms. The molecule has 0 radical (unpaired) electrons. The Morgan fingerprint density at radius 1 is 0.467 bits per heavy atom. The van der Waals surface area contributed by atoms with E-state index in [0.29, 0.717) is 0 Å². The number of anilines is 5. The van der Waals surface area contributed by atoms with Gasteiger partial charge in [0.25, 0.3) is 0 Å². The molecule has 0 N–H and O–H groups in total. The number of benzene rings is 5. The quantitative estimate of drug-likeness (QED) is 0.0798. The van der Waals surface area contributed by atoms with Crippen molar-refractivity contribution in [2.24, 2.45) is 10.2 Å². The topological polar surface area (TPSA) is 59.5 Å². The van der Waals surface area contributed by atoms with Crippen LogP contribution in [0, 0.1) is 0 Å². The molecule has 0 amide bonds. The summed E-state index contributed by atoms with van der Waals surface area (Å²) in [5, 5.41) is 13.6. The normalized spacial score (nSPS) is 17.0. The molecule has 45 heavy (non-hydrogen) atoms. The average Bonchev–Trinajstić information content (AvgIpc) is 4.05. The lowest BCUT2D eigenvalue weighted by Gasteiger charge is -2.25. The standard InChI is InChI=1S/C38H35N5O2/c1-4-10-32(11-5-1)41(26-37-28-44-37)39-24-30-16-20-35(21-17-30)43(34-14-8-3-9-15-34)36-22-18-31(19-23-36)25-40-42(27-38-29-45-38)33-12-6-2-7-13-33/h1-25,37-38H,26-29H2/b39-24+,40-25+. The van der Waals surface area contributed by atoms with Gasteiger partial charge in [-0.2, -0.15) is 10.2 Å². The lowest BCUT2D eigenvalue weighted by atomic mass is 10.1. The number of nitrogens with zero attached hydrogens (tertiary/aromatic N) is 5. The van der Waals surface area contributed by atoms with Crippen molar-refractivity contribution in [2.75, 3.05) is 41.2 Å². The monoisotopic (exact) mass is 593 g/mol. The Labute approximate surface area is 264 Å². The second-order valence-corrected chi connectivity index (χ2v) is 11.1. The van der Waals surface area contributed by atoms with Crippen molar-refractivity contribution in [1.82, 2.24) is 0 Å². The second kappa shape index (κ2) is 13.6. The number of epoxide rings is 2. The number of hydrazone groups is 2. The minimum Gasteiger partial charge on any atom is -0.371 e. The first-order valence-electron chi connectivity index (χ1n) is 15.3. The average molecular weight is 594 g/mol. The summed E-state index contributed by atoms with van der Waals surface area (Å²) in [5.41, 5.74) is 7.35. The zero-order valence-electron chi connectivity index (χ0n) is 25.0. The molecule has 0 aromatic heterocycles. The Kier molecular flexibility index (Phi) is 8.62. The fourth-order valence-electron chi connectivity index (χ4n) is 5.09. The SMILES string of the molecule is C(=N\N(CC1CO1)c1ccccc1)/c1ccc(N(c2ccccc2)c2ccc(/C=N/N(CC3CO3)c3ccccc3)cc2)cc1. The Hall–Kier alpha value is -5.24. The molecule has 5 aromatic rings. The van der Waals surface area contributed by atoms with E-state index in [1.54, 1.807) is 0 Å². The minimum absolute atomic E-state index is 0.238. The van der Waals surface area contributed by atoms with Crippen LogP contribution < -0.4 is 14.9 Å². The van der Waals surface area contributed by atoms with Gasteiger partial charge >= 0.3 is 0 Å². The van der Waals surface area contributed by atoms with E-state index < -0.39 is 0 Å². The van der Waals surface area contributed by atoms with E-state index in [4.69, 9.17) is 19.7 Å². The summed E-state index contributed by atoms with van der Waals surface area (Å²) >= 11 is 0. The smallest absolute Gasteiger partial charge is 0.101 e. The van der Waals surface area contributed by atoms with Crippen LogP contribution in [0.4, 0.5) is 28.4 Å². The minimum atomic E-state index is 0.238. The van der Waals surface area contributed by atoms with Gasteiger partial charge in [-0.3, -0.25) is 10.0 Å². The molecular weight excluding hydrogens is 558 g/mol. The van der Waals surface area contributed by atoms with Gasteiger partial charge in [0.1, 0.15) is 12.2 Å². The molecule has 2 heterocycles. The molecule has 7 rings (SSSR count). The van der Waals surface area contributed by atoms with Crippen molar-refractivity contribution in [3.8, 4) is 0 Å². The van der Waals surface area contributed by atoms with Crippen molar-refractivity contribution in [2.45, 2.75) is 12.2 Å². The molecule has 2 fully saturated rings. The predicted octanol–water partition coefficient (Wildman–Crippen LogP) is 7.64. The summed E-state index contributed by atoms with van der Waals surface area (Å²) in [5.74, 6) is 0. The van der Waals surface area contributed by atoms with E-state index in [2.05, 4.69) is 102 Å². The molecule has 0 saturated carbocycles. The van der Waals surface area contributed by atoms with Crippen molar-refractivity contribution < 1.29 is 9.47 Å². The molecule has 0 aliphatic carbocycles. The molecule has 2 aliphatic heterocycles. The van der Waals surface area contributed by atoms with Gasteiger partial charge in [-0.25, -0.2) is 0 Å². The lowest BCUT2D eigenvalue weighted by Crippen LogP contribution is -2.22. The van der Waals surface area contributed by atoms with Crippen molar-refractivity contribution in [3.05, 3.63) is 151 Å². The highest BCUT2D eigenvalue weighted by Gasteiger charge is 2.26. The van der Waals surface area contributed by atoms with Crippen LogP contribution in [0.3, 0.4) is 0 Å². The molecule has 0 spiro atoms. The summed E-state index contributed by atoms with van der Waals surface area (Å²) in [6.45, 7) is 3.05. The Morgan fingerprint density at radius 3 is 1.16 bits per heavy atom. The molecule has 0 bridgehead atoms. The Balaban J connectivity index is 1.10. The summed E-state index contributed by atoms with van der Waals surface area (Å²) in [4.78, 5) is 2.25. The van der Waals surface area contributed by atoms with E-state index in [9.17, 15) is 0 Å². The molecule has 7 nitrogen and oxygen atoms in total. The highest BCUT2D eigenvalue weighted by atomic mass is 16.6. The van der Waals surface area contributed by atoms with Gasteiger partial charge in [0.2, 0.25) is 0 Å². The third kappa shape index (κ3) is 7.65. The molecule has 2 aliphatic rings. The van der Waals surface area contributed by atoms with E-state index in [0.717, 1.165) is 65.9 Å². The maximum absolute atomic E-state index is 5.47. The van der Waals surface area contributed by atoms with Crippen LogP contribution in [0.5, 0.6) is 0 Å². The highest BCUT2D eigenvalue weighted by Crippen LogP contribution is 2.34. The molecule has 224 valence electrons. The largest absolute Gasteiger partial charge is 0.371 e. The summed E-state index contributed by atoms with van der Waals surface area (Å²) < 4.78 is 10.9. The Bertz CT molecular complexity index is 1590. The van der Waals surface area contributed by atoms with Crippen LogP contribution in [-0.4, -0.2) is 50.9 Å². The van der Waals surface area contributed by atoms with Crippen LogP contribution in [0.25, 0.3) is 0 Å². The number of para-hydroxylation sites is 3. The number of rotatable bonds is 13.